The second-order valence-corrected chi connectivity index (χ2v) is 14.0. The van der Waals surface area contributed by atoms with Crippen molar-refractivity contribution in [3.8, 4) is 5.75 Å². The Balaban J connectivity index is 1.38. The molecule has 0 unspecified atom stereocenters. The lowest BCUT2D eigenvalue weighted by atomic mass is 9.86. The minimum Gasteiger partial charge on any atom is -0.495 e. The molecule has 1 fully saturated rings. The molecule has 1 amide bonds. The average Bonchev–Trinajstić information content (AvgIpc) is 3.51. The van der Waals surface area contributed by atoms with Crippen LogP contribution in [0.15, 0.2) is 53.6 Å². The first-order valence-electron chi connectivity index (χ1n) is 15.3. The number of rotatable bonds is 12. The van der Waals surface area contributed by atoms with Crippen molar-refractivity contribution in [2.75, 3.05) is 37.4 Å². The van der Waals surface area contributed by atoms with Crippen LogP contribution in [0.4, 0.5) is 23.3 Å². The molecule has 5 rings (SSSR count). The predicted molar refractivity (Wildman–Crippen MR) is 173 cm³/mol. The van der Waals surface area contributed by atoms with Gasteiger partial charge in [-0.15, -0.1) is 0 Å². The molecule has 1 aliphatic heterocycles. The quantitative estimate of drug-likeness (QED) is 0.182. The Hall–Kier alpha value is -4.23. The van der Waals surface area contributed by atoms with E-state index in [0.717, 1.165) is 18.4 Å². The molecule has 2 aromatic carbocycles. The largest absolute Gasteiger partial charge is 0.495 e. The first-order valence-corrected chi connectivity index (χ1v) is 16.8. The summed E-state index contributed by atoms with van der Waals surface area (Å²) in [7, 11) is -1.94. The minimum atomic E-state index is -3.56. The number of fused-ring (bicyclic) bond motifs is 1. The monoisotopic (exact) mass is 635 g/mol. The number of carbonyl (C=O) groups excluding carboxylic acids is 1. The van der Waals surface area contributed by atoms with Crippen LogP contribution in [0.5, 0.6) is 5.75 Å². The lowest BCUT2D eigenvalue weighted by Gasteiger charge is -2.33. The Bertz CT molecular complexity index is 1770. The van der Waals surface area contributed by atoms with Gasteiger partial charge in [0, 0.05) is 32.2 Å². The number of nitrogens with one attached hydrogen (secondary N) is 2. The summed E-state index contributed by atoms with van der Waals surface area (Å²) in [5.41, 5.74) is 3.87. The molecule has 4 aromatic rings. The second kappa shape index (κ2) is 13.8. The molecular formula is C32H41N7O5S. The summed E-state index contributed by atoms with van der Waals surface area (Å²) in [5.74, 6) is 1.67. The molecule has 240 valence electrons. The van der Waals surface area contributed by atoms with Gasteiger partial charge in [0.05, 0.1) is 34.8 Å². The van der Waals surface area contributed by atoms with Gasteiger partial charge in [-0.25, -0.2) is 8.42 Å². The van der Waals surface area contributed by atoms with Crippen LogP contribution < -0.4 is 15.4 Å². The zero-order chi connectivity index (χ0) is 32.1. The van der Waals surface area contributed by atoms with Gasteiger partial charge in [-0.1, -0.05) is 12.1 Å². The predicted octanol–water partition coefficient (Wildman–Crippen LogP) is 4.98. The molecule has 3 N–H and O–H groups in total. The molecule has 0 saturated carbocycles. The number of methoxy groups -OCH3 is 1. The molecule has 2 aromatic heterocycles. The number of ether oxygens (including phenoxy) is 1. The highest BCUT2D eigenvalue weighted by atomic mass is 32.2. The van der Waals surface area contributed by atoms with Crippen LogP contribution in [0, 0.1) is 6.92 Å². The smallest absolute Gasteiger partial charge is 0.233 e. The first kappa shape index (κ1) is 32.2. The third-order valence-corrected chi connectivity index (χ3v) is 10.4. The highest BCUT2D eigenvalue weighted by Crippen LogP contribution is 2.38. The summed E-state index contributed by atoms with van der Waals surface area (Å²) in [4.78, 5) is 23.9. The number of aromatic nitrogens is 4. The van der Waals surface area contributed by atoms with E-state index in [1.165, 1.54) is 10.1 Å². The Morgan fingerprint density at radius 3 is 2.53 bits per heavy atom. The zero-order valence-corrected chi connectivity index (χ0v) is 27.0. The van der Waals surface area contributed by atoms with Crippen LogP contribution in [0.1, 0.15) is 63.0 Å². The molecule has 1 saturated heterocycles. The highest BCUT2D eigenvalue weighted by molar-refractivity contribution is 7.92. The van der Waals surface area contributed by atoms with E-state index in [1.807, 2.05) is 17.0 Å². The van der Waals surface area contributed by atoms with Gasteiger partial charge < -0.3 is 25.4 Å². The maximum absolute atomic E-state index is 13.1. The number of piperidine rings is 1. The minimum absolute atomic E-state index is 0.114. The molecule has 1 aliphatic rings. The molecule has 0 spiro atoms. The molecule has 0 radical (unpaired) electrons. The number of benzene rings is 2. The van der Waals surface area contributed by atoms with Gasteiger partial charge >= 0.3 is 0 Å². The fraction of sp³-hybridized carbons (Fsp3) is 0.438. The van der Waals surface area contributed by atoms with E-state index in [1.54, 1.807) is 57.5 Å². The maximum Gasteiger partial charge on any atom is 0.233 e. The van der Waals surface area contributed by atoms with Crippen LogP contribution in [-0.4, -0.2) is 76.0 Å². The molecule has 3 heterocycles. The molecule has 0 aliphatic carbocycles. The average molecular weight is 636 g/mol. The van der Waals surface area contributed by atoms with Crippen molar-refractivity contribution in [2.45, 2.75) is 68.9 Å². The van der Waals surface area contributed by atoms with E-state index in [0.29, 0.717) is 67.0 Å². The number of aryl methyl sites for hydroxylation is 1. The fourth-order valence-corrected chi connectivity index (χ4v) is 6.87. The van der Waals surface area contributed by atoms with Gasteiger partial charge in [0.25, 0.3) is 0 Å². The van der Waals surface area contributed by atoms with Crippen molar-refractivity contribution in [1.82, 2.24) is 24.5 Å². The van der Waals surface area contributed by atoms with Crippen molar-refractivity contribution < 1.29 is 23.1 Å². The van der Waals surface area contributed by atoms with E-state index < -0.39 is 15.1 Å². The van der Waals surface area contributed by atoms with Crippen molar-refractivity contribution >= 4 is 44.7 Å². The lowest BCUT2D eigenvalue weighted by molar-refractivity contribution is -0.132. The van der Waals surface area contributed by atoms with Gasteiger partial charge in [0.2, 0.25) is 17.8 Å². The van der Waals surface area contributed by atoms with Crippen molar-refractivity contribution in [3.63, 3.8) is 0 Å². The Morgan fingerprint density at radius 2 is 1.82 bits per heavy atom. The van der Waals surface area contributed by atoms with Gasteiger partial charge in [0.15, 0.2) is 15.5 Å². The summed E-state index contributed by atoms with van der Waals surface area (Å²) >= 11 is 0. The van der Waals surface area contributed by atoms with Crippen molar-refractivity contribution in [2.24, 2.45) is 0 Å². The van der Waals surface area contributed by atoms with Gasteiger partial charge in [0.1, 0.15) is 5.75 Å². The summed E-state index contributed by atoms with van der Waals surface area (Å²) in [6.07, 6.45) is 5.18. The summed E-state index contributed by atoms with van der Waals surface area (Å²) in [6, 6.07) is 12.5. The van der Waals surface area contributed by atoms with Crippen LogP contribution in [0.2, 0.25) is 0 Å². The number of nitrogens with zero attached hydrogens (tertiary/aromatic N) is 5. The van der Waals surface area contributed by atoms with Crippen LogP contribution >= 0.6 is 0 Å². The Morgan fingerprint density at radius 1 is 1.07 bits per heavy atom. The van der Waals surface area contributed by atoms with E-state index in [-0.39, 0.29) is 23.4 Å². The molecule has 12 nitrogen and oxygen atoms in total. The number of aliphatic hydroxyl groups excluding tert-OH is 1. The van der Waals surface area contributed by atoms with Gasteiger partial charge in [-0.3, -0.25) is 4.79 Å². The third-order valence-electron chi connectivity index (χ3n) is 8.24. The van der Waals surface area contributed by atoms with Crippen molar-refractivity contribution in [1.29, 1.82) is 0 Å². The second-order valence-electron chi connectivity index (χ2n) is 11.6. The lowest BCUT2D eigenvalue weighted by Crippen LogP contribution is -2.37. The third kappa shape index (κ3) is 7.04. The summed E-state index contributed by atoms with van der Waals surface area (Å²) in [5, 5.41) is 19.2. The van der Waals surface area contributed by atoms with E-state index in [2.05, 4.69) is 32.6 Å². The van der Waals surface area contributed by atoms with Crippen LogP contribution in [0.25, 0.3) is 5.65 Å². The number of hydrogen-bond donors (Lipinski definition) is 3. The highest BCUT2D eigenvalue weighted by Gasteiger charge is 2.26. The Kier molecular flexibility index (Phi) is 9.88. The van der Waals surface area contributed by atoms with Gasteiger partial charge in [-0.05, 0) is 87.8 Å². The normalized spacial score (nSPS) is 14.2. The zero-order valence-electron chi connectivity index (χ0n) is 26.2. The number of sulfone groups is 1. The SMILES string of the molecule is COc1cc(C2CCN(C(=O)CCCCO)CC2)c(C)cc1Nc1nc(Nc2ccccc2S(=O)(=O)C(C)C)n2nccc2n1. The van der Waals surface area contributed by atoms with Crippen LogP contribution in [-0.2, 0) is 14.6 Å². The standard InChI is InChI=1S/C32H41N7O5S/c1-21(2)45(42,43)28-10-6-5-9-25(28)35-32-37-31(36-29-12-15-33-39(29)32)34-26-19-22(3)24(20-27(26)44-4)23-13-16-38(17-14-23)30(41)11-7-8-18-40/h5-6,9-10,12,15,19-21,23,40H,7-8,11,13-14,16-18H2,1-4H3,(H2,34,35,36,37). The topological polar surface area (TPSA) is 151 Å². The molecule has 13 heteroatoms. The number of carbonyl (C=O) groups is 1. The summed E-state index contributed by atoms with van der Waals surface area (Å²) < 4.78 is 33.4. The number of hydrogen-bond acceptors (Lipinski definition) is 10. The number of anilines is 4. The molecule has 0 atom stereocenters. The maximum atomic E-state index is 13.1. The summed E-state index contributed by atoms with van der Waals surface area (Å²) in [6.45, 7) is 6.90. The molecular weight excluding hydrogens is 594 g/mol. The number of likely N-dealkylation sites (tertiary alicyclic amines) is 1. The Labute approximate surface area is 263 Å². The number of aliphatic hydroxyl groups is 1. The van der Waals surface area contributed by atoms with E-state index in [9.17, 15) is 13.2 Å². The van der Waals surface area contributed by atoms with E-state index in [4.69, 9.17) is 9.84 Å². The number of unbranched alkanes of at least 4 members (excludes halogenated alkanes) is 1. The van der Waals surface area contributed by atoms with Crippen LogP contribution in [0.3, 0.4) is 0 Å². The number of para-hydroxylation sites is 1. The van der Waals surface area contributed by atoms with E-state index >= 15 is 0 Å². The van der Waals surface area contributed by atoms with Crippen molar-refractivity contribution in [3.05, 3.63) is 59.8 Å². The first-order chi connectivity index (χ1) is 21.6. The molecule has 45 heavy (non-hydrogen) atoms. The van der Waals surface area contributed by atoms with Gasteiger partial charge in [-0.2, -0.15) is 19.6 Å². The molecule has 0 bridgehead atoms. The fourth-order valence-electron chi connectivity index (χ4n) is 5.67. The number of amides is 1.